The molecule has 4 rings (SSSR count). The molecule has 5 nitrogen and oxygen atoms in total. The molecule has 2 heterocycles. The van der Waals surface area contributed by atoms with Gasteiger partial charge in [-0.3, -0.25) is 9.69 Å². The molecule has 0 saturated carbocycles. The molecule has 31 heavy (non-hydrogen) atoms. The van der Waals surface area contributed by atoms with Gasteiger partial charge in [-0.15, -0.1) is 0 Å². The number of nitrogens with zero attached hydrogens (tertiary/aromatic N) is 1. The molecule has 2 aromatic rings. The first-order chi connectivity index (χ1) is 14.8. The summed E-state index contributed by atoms with van der Waals surface area (Å²) in [7, 11) is 1.66. The van der Waals surface area contributed by atoms with E-state index < -0.39 is 0 Å². The van der Waals surface area contributed by atoms with Crippen molar-refractivity contribution in [3.63, 3.8) is 0 Å². The third kappa shape index (κ3) is 5.21. The molecule has 1 unspecified atom stereocenters. The van der Waals surface area contributed by atoms with Crippen LogP contribution in [0.5, 0.6) is 11.5 Å². The van der Waals surface area contributed by atoms with Crippen molar-refractivity contribution in [3.8, 4) is 11.5 Å². The molecule has 0 bridgehead atoms. The van der Waals surface area contributed by atoms with Crippen molar-refractivity contribution < 1.29 is 14.3 Å². The van der Waals surface area contributed by atoms with E-state index in [9.17, 15) is 4.79 Å². The van der Waals surface area contributed by atoms with Crippen molar-refractivity contribution in [2.24, 2.45) is 5.92 Å². The number of methoxy groups -OCH3 is 1. The minimum absolute atomic E-state index is 0.0633. The third-order valence-electron chi connectivity index (χ3n) is 6.44. The predicted octanol–water partition coefficient (Wildman–Crippen LogP) is 4.63. The molecule has 2 aromatic carbocycles. The summed E-state index contributed by atoms with van der Waals surface area (Å²) in [4.78, 5) is 15.6. The Morgan fingerprint density at radius 1 is 1.19 bits per heavy atom. The maximum absolute atomic E-state index is 13.1. The monoisotopic (exact) mass is 422 g/mol. The molecule has 2 aliphatic heterocycles. The highest BCUT2D eigenvalue weighted by Crippen LogP contribution is 2.41. The summed E-state index contributed by atoms with van der Waals surface area (Å²) in [6.07, 6.45) is 2.54. The zero-order chi connectivity index (χ0) is 22.0. The first-order valence-electron chi connectivity index (χ1n) is 11.3. The van der Waals surface area contributed by atoms with Crippen molar-refractivity contribution in [1.29, 1.82) is 0 Å². The Kier molecular flexibility index (Phi) is 6.24. The van der Waals surface area contributed by atoms with Crippen molar-refractivity contribution in [3.05, 3.63) is 59.2 Å². The highest BCUT2D eigenvalue weighted by Gasteiger charge is 2.36. The minimum Gasteiger partial charge on any atom is -0.497 e. The lowest BCUT2D eigenvalue weighted by atomic mass is 9.88. The maximum Gasteiger partial charge on any atom is 0.223 e. The number of amides is 1. The topological polar surface area (TPSA) is 50.8 Å². The van der Waals surface area contributed by atoms with Crippen LogP contribution in [0.4, 0.5) is 0 Å². The zero-order valence-electron chi connectivity index (χ0n) is 19.1. The van der Waals surface area contributed by atoms with Crippen LogP contribution >= 0.6 is 0 Å². The van der Waals surface area contributed by atoms with Crippen LogP contribution in [-0.2, 0) is 11.3 Å². The highest BCUT2D eigenvalue weighted by atomic mass is 16.5. The summed E-state index contributed by atoms with van der Waals surface area (Å²) < 4.78 is 11.5. The van der Waals surface area contributed by atoms with Crippen molar-refractivity contribution in [2.75, 3.05) is 20.2 Å². The lowest BCUT2D eigenvalue weighted by molar-refractivity contribution is -0.127. The van der Waals surface area contributed by atoms with E-state index >= 15 is 0 Å². The average Bonchev–Trinajstić information content (AvgIpc) is 2.73. The molecule has 0 aromatic heterocycles. The number of nitrogens with one attached hydrogen (secondary N) is 1. The molecule has 1 fully saturated rings. The van der Waals surface area contributed by atoms with E-state index in [1.54, 1.807) is 7.11 Å². The second-order valence-electron chi connectivity index (χ2n) is 9.57. The van der Waals surface area contributed by atoms with Gasteiger partial charge in [0.2, 0.25) is 5.91 Å². The van der Waals surface area contributed by atoms with Crippen LogP contribution in [0.15, 0.2) is 42.5 Å². The lowest BCUT2D eigenvalue weighted by Gasteiger charge is -2.39. The van der Waals surface area contributed by atoms with Gasteiger partial charge in [0.05, 0.1) is 13.2 Å². The average molecular weight is 423 g/mol. The zero-order valence-corrected chi connectivity index (χ0v) is 19.1. The Morgan fingerprint density at radius 3 is 2.68 bits per heavy atom. The van der Waals surface area contributed by atoms with Crippen molar-refractivity contribution in [1.82, 2.24) is 10.2 Å². The third-order valence-corrected chi connectivity index (χ3v) is 6.44. The van der Waals surface area contributed by atoms with Crippen LogP contribution in [0, 0.1) is 12.8 Å². The maximum atomic E-state index is 13.1. The molecule has 1 saturated heterocycles. The number of hydrogen-bond donors (Lipinski definition) is 1. The molecule has 166 valence electrons. The van der Waals surface area contributed by atoms with Gasteiger partial charge in [0, 0.05) is 24.4 Å². The fraction of sp³-hybridized carbons (Fsp3) is 0.500. The van der Waals surface area contributed by atoms with Gasteiger partial charge in [-0.1, -0.05) is 29.8 Å². The number of hydrogen-bond acceptors (Lipinski definition) is 4. The van der Waals surface area contributed by atoms with Gasteiger partial charge in [0.1, 0.15) is 17.1 Å². The summed E-state index contributed by atoms with van der Waals surface area (Å²) >= 11 is 0. The van der Waals surface area contributed by atoms with Crippen molar-refractivity contribution >= 4 is 5.91 Å². The van der Waals surface area contributed by atoms with E-state index in [2.05, 4.69) is 55.3 Å². The first-order valence-corrected chi connectivity index (χ1v) is 11.3. The number of carbonyl (C=O) groups is 1. The van der Waals surface area contributed by atoms with E-state index in [0.29, 0.717) is 0 Å². The Morgan fingerprint density at radius 2 is 1.97 bits per heavy atom. The summed E-state index contributed by atoms with van der Waals surface area (Å²) in [5.41, 5.74) is 3.32. The van der Waals surface area contributed by atoms with Gasteiger partial charge in [-0.25, -0.2) is 0 Å². The number of carbonyl (C=O) groups excluding carboxylic acids is 1. The molecular formula is C26H34N2O3. The molecule has 0 radical (unpaired) electrons. The van der Waals surface area contributed by atoms with Crippen LogP contribution in [0.25, 0.3) is 0 Å². The molecular weight excluding hydrogens is 388 g/mol. The lowest BCUT2D eigenvalue weighted by Crippen LogP contribution is -2.45. The summed E-state index contributed by atoms with van der Waals surface area (Å²) in [6, 6.07) is 14.5. The van der Waals surface area contributed by atoms with E-state index in [-0.39, 0.29) is 23.5 Å². The molecule has 1 atom stereocenters. The van der Waals surface area contributed by atoms with Gasteiger partial charge in [0.15, 0.2) is 0 Å². The molecule has 1 N–H and O–H groups in total. The van der Waals surface area contributed by atoms with Crippen molar-refractivity contribution in [2.45, 2.75) is 58.2 Å². The standard InChI is InChI=1S/C26H34N2O3/c1-18-6-5-7-19(14-18)17-28-12-10-20(11-13-28)25(29)27-23-16-26(2,3)31-24-9-8-21(30-4)15-22(23)24/h5-9,14-15,20,23H,10-13,16-17H2,1-4H3,(H,27,29). The smallest absolute Gasteiger partial charge is 0.223 e. The van der Waals surface area contributed by atoms with Gasteiger partial charge in [-0.05, 0) is 70.5 Å². The van der Waals surface area contributed by atoms with Gasteiger partial charge in [-0.2, -0.15) is 0 Å². The number of rotatable bonds is 5. The minimum atomic E-state index is -0.323. The van der Waals surface area contributed by atoms with E-state index in [1.165, 1.54) is 11.1 Å². The molecule has 0 spiro atoms. The summed E-state index contributed by atoms with van der Waals surface area (Å²) in [5, 5.41) is 3.33. The van der Waals surface area contributed by atoms with Gasteiger partial charge < -0.3 is 14.8 Å². The highest BCUT2D eigenvalue weighted by molar-refractivity contribution is 5.79. The Balaban J connectivity index is 1.38. The molecule has 0 aliphatic carbocycles. The summed E-state index contributed by atoms with van der Waals surface area (Å²) in [6.45, 7) is 9.14. The molecule has 5 heteroatoms. The Labute approximate surface area is 185 Å². The number of fused-ring (bicyclic) bond motifs is 1. The number of benzene rings is 2. The van der Waals surface area contributed by atoms with Crippen LogP contribution in [0.3, 0.4) is 0 Å². The van der Waals surface area contributed by atoms with Crippen LogP contribution in [-0.4, -0.2) is 36.6 Å². The predicted molar refractivity (Wildman–Crippen MR) is 122 cm³/mol. The van der Waals surface area contributed by atoms with Crippen LogP contribution < -0.4 is 14.8 Å². The van der Waals surface area contributed by atoms with Gasteiger partial charge in [0.25, 0.3) is 0 Å². The second-order valence-corrected chi connectivity index (χ2v) is 9.57. The number of piperidine rings is 1. The molecule has 2 aliphatic rings. The van der Waals surface area contributed by atoms with E-state index in [4.69, 9.17) is 9.47 Å². The quantitative estimate of drug-likeness (QED) is 0.763. The van der Waals surface area contributed by atoms with E-state index in [0.717, 1.165) is 56.0 Å². The molecule has 1 amide bonds. The second kappa shape index (κ2) is 8.91. The summed E-state index contributed by atoms with van der Waals surface area (Å²) in [5.74, 6) is 1.83. The van der Waals surface area contributed by atoms with Crippen LogP contribution in [0.2, 0.25) is 0 Å². The number of aryl methyl sites for hydroxylation is 1. The normalized spacial score (nSPS) is 21.1. The fourth-order valence-corrected chi connectivity index (χ4v) is 4.80. The number of likely N-dealkylation sites (tertiary alicyclic amines) is 1. The van der Waals surface area contributed by atoms with Gasteiger partial charge >= 0.3 is 0 Å². The SMILES string of the molecule is COc1ccc2c(c1)C(NC(=O)C1CCN(Cc3cccc(C)c3)CC1)CC(C)(C)O2. The largest absolute Gasteiger partial charge is 0.497 e. The Hall–Kier alpha value is -2.53. The number of ether oxygens (including phenoxy) is 2. The fourth-order valence-electron chi connectivity index (χ4n) is 4.80. The first kappa shape index (κ1) is 21.7. The Bertz CT molecular complexity index is 932. The van der Waals surface area contributed by atoms with E-state index in [1.807, 2.05) is 18.2 Å². The van der Waals surface area contributed by atoms with Crippen LogP contribution in [0.1, 0.15) is 55.8 Å².